The van der Waals surface area contributed by atoms with Crippen molar-refractivity contribution in [2.24, 2.45) is 0 Å². The maximum absolute atomic E-state index is 3.65. The molecule has 0 heterocycles. The molecule has 0 spiro atoms. The number of hydrogen-bond acceptors (Lipinski definition) is 4. The average molecular weight is 501 g/mol. The summed E-state index contributed by atoms with van der Waals surface area (Å²) in [5.74, 6) is 0. The Morgan fingerprint density at radius 2 is 0.730 bits per heavy atom. The second-order valence-electron chi connectivity index (χ2n) is 10.6. The van der Waals surface area contributed by atoms with Gasteiger partial charge in [-0.2, -0.15) is 0 Å². The van der Waals surface area contributed by atoms with Gasteiger partial charge in [-0.3, -0.25) is 4.90 Å². The predicted molar refractivity (Wildman–Crippen MR) is 159 cm³/mol. The van der Waals surface area contributed by atoms with Crippen LogP contribution in [0.2, 0.25) is 0 Å². The zero-order valence-electron chi connectivity index (χ0n) is 24.0. The van der Waals surface area contributed by atoms with Crippen molar-refractivity contribution in [3.63, 3.8) is 0 Å². The van der Waals surface area contributed by atoms with Crippen LogP contribution in [0, 0.1) is 41.5 Å². The zero-order valence-corrected chi connectivity index (χ0v) is 24.0. The van der Waals surface area contributed by atoms with Gasteiger partial charge in [0.25, 0.3) is 0 Å². The van der Waals surface area contributed by atoms with Crippen molar-refractivity contribution in [3.8, 4) is 0 Å². The highest BCUT2D eigenvalue weighted by atomic mass is 15.2. The molecule has 0 saturated heterocycles. The Kier molecular flexibility index (Phi) is 11.8. The van der Waals surface area contributed by atoms with Crippen molar-refractivity contribution in [2.45, 2.75) is 61.2 Å². The Morgan fingerprint density at radius 1 is 0.432 bits per heavy atom. The molecule has 3 N–H and O–H groups in total. The van der Waals surface area contributed by atoms with Crippen LogP contribution in [0.3, 0.4) is 0 Å². The predicted octanol–water partition coefficient (Wildman–Crippen LogP) is 5.51. The summed E-state index contributed by atoms with van der Waals surface area (Å²) in [6, 6.07) is 20.3. The first-order valence-electron chi connectivity index (χ1n) is 13.8. The summed E-state index contributed by atoms with van der Waals surface area (Å²) in [6.07, 6.45) is 0. The van der Waals surface area contributed by atoms with E-state index >= 15 is 0 Å². The maximum atomic E-state index is 3.65. The normalized spacial score (nSPS) is 11.4. The number of nitrogens with one attached hydrogen (secondary N) is 3. The van der Waals surface area contributed by atoms with Crippen LogP contribution in [0.15, 0.2) is 54.6 Å². The lowest BCUT2D eigenvalue weighted by Gasteiger charge is -2.23. The maximum Gasteiger partial charge on any atom is 0.0206 e. The molecule has 0 bridgehead atoms. The Bertz CT molecular complexity index is 980. The topological polar surface area (TPSA) is 39.3 Å². The molecule has 3 aromatic rings. The molecule has 0 saturated carbocycles. The van der Waals surface area contributed by atoms with Crippen molar-refractivity contribution in [2.75, 3.05) is 39.3 Å². The van der Waals surface area contributed by atoms with E-state index in [1.165, 1.54) is 50.1 Å². The molecule has 3 aromatic carbocycles. The molecule has 37 heavy (non-hydrogen) atoms. The van der Waals surface area contributed by atoms with Crippen molar-refractivity contribution in [1.29, 1.82) is 0 Å². The molecule has 0 aliphatic heterocycles. The quantitative estimate of drug-likeness (QED) is 0.241. The highest BCUT2D eigenvalue weighted by Gasteiger charge is 2.06. The van der Waals surface area contributed by atoms with Gasteiger partial charge in [0.05, 0.1) is 0 Å². The van der Waals surface area contributed by atoms with E-state index in [2.05, 4.69) is 117 Å². The van der Waals surface area contributed by atoms with E-state index in [0.29, 0.717) is 0 Å². The number of nitrogens with zero attached hydrogens (tertiary/aromatic N) is 1. The van der Waals surface area contributed by atoms with Gasteiger partial charge in [0.15, 0.2) is 0 Å². The molecule has 0 fully saturated rings. The molecule has 0 atom stereocenters. The smallest absolute Gasteiger partial charge is 0.0206 e. The number of rotatable bonds is 15. The van der Waals surface area contributed by atoms with Crippen LogP contribution < -0.4 is 16.0 Å². The lowest BCUT2D eigenvalue weighted by molar-refractivity contribution is 0.271. The lowest BCUT2D eigenvalue weighted by atomic mass is 10.1. The van der Waals surface area contributed by atoms with Gasteiger partial charge >= 0.3 is 0 Å². The van der Waals surface area contributed by atoms with Crippen LogP contribution in [0.5, 0.6) is 0 Å². The zero-order chi connectivity index (χ0) is 26.6. The number of hydrogen-bond donors (Lipinski definition) is 3. The Labute approximate surface area is 225 Å². The summed E-state index contributed by atoms with van der Waals surface area (Å²) in [4.78, 5) is 2.56. The largest absolute Gasteiger partial charge is 0.311 e. The summed E-state index contributed by atoms with van der Waals surface area (Å²) in [7, 11) is 0. The van der Waals surface area contributed by atoms with E-state index in [1.807, 2.05) is 0 Å². The molecule has 3 rings (SSSR count). The second-order valence-corrected chi connectivity index (χ2v) is 10.6. The molecule has 0 radical (unpaired) electrons. The standard InChI is InChI=1S/C33H48N4/c1-25-7-10-31(19-28(25)4)22-34-13-16-37(17-14-35-23-32-11-8-26(2)29(5)20-32)18-15-36-24-33-12-9-27(3)30(6)21-33/h7-12,19-21,34-36H,13-18,22-24H2,1-6H3. The Morgan fingerprint density at radius 3 is 1.00 bits per heavy atom. The molecule has 0 aliphatic carbocycles. The summed E-state index contributed by atoms with van der Waals surface area (Å²) in [5, 5.41) is 11.0. The molecule has 0 amide bonds. The Hall–Kier alpha value is -2.50. The highest BCUT2D eigenvalue weighted by Crippen LogP contribution is 2.11. The molecule has 0 aromatic heterocycles. The minimum Gasteiger partial charge on any atom is -0.311 e. The summed E-state index contributed by atoms with van der Waals surface area (Å²) < 4.78 is 0. The van der Waals surface area contributed by atoms with E-state index in [0.717, 1.165) is 58.9 Å². The van der Waals surface area contributed by atoms with Crippen LogP contribution in [0.1, 0.15) is 50.1 Å². The summed E-state index contributed by atoms with van der Waals surface area (Å²) in [5.41, 5.74) is 12.3. The van der Waals surface area contributed by atoms with Crippen LogP contribution in [-0.2, 0) is 19.6 Å². The minimum atomic E-state index is 0.922. The van der Waals surface area contributed by atoms with Crippen LogP contribution in [0.25, 0.3) is 0 Å². The van der Waals surface area contributed by atoms with E-state index in [1.54, 1.807) is 0 Å². The van der Waals surface area contributed by atoms with Crippen LogP contribution in [0.4, 0.5) is 0 Å². The number of aryl methyl sites for hydroxylation is 6. The molecule has 0 aliphatic rings. The van der Waals surface area contributed by atoms with Gasteiger partial charge in [-0.05, 0) is 91.6 Å². The molecule has 0 unspecified atom stereocenters. The lowest BCUT2D eigenvalue weighted by Crippen LogP contribution is -2.40. The van der Waals surface area contributed by atoms with E-state index in [9.17, 15) is 0 Å². The van der Waals surface area contributed by atoms with Gasteiger partial charge in [0, 0.05) is 58.9 Å². The first kappa shape index (κ1) is 29.1. The average Bonchev–Trinajstić information content (AvgIpc) is 2.87. The van der Waals surface area contributed by atoms with Crippen LogP contribution >= 0.6 is 0 Å². The van der Waals surface area contributed by atoms with Gasteiger partial charge in [0.1, 0.15) is 0 Å². The molecule has 200 valence electrons. The van der Waals surface area contributed by atoms with Gasteiger partial charge in [-0.25, -0.2) is 0 Å². The third-order valence-corrected chi connectivity index (χ3v) is 7.52. The second kappa shape index (κ2) is 15.0. The monoisotopic (exact) mass is 500 g/mol. The van der Waals surface area contributed by atoms with Gasteiger partial charge in [0.2, 0.25) is 0 Å². The van der Waals surface area contributed by atoms with Crippen molar-refractivity contribution in [3.05, 3.63) is 105 Å². The molecule has 4 heteroatoms. The summed E-state index contributed by atoms with van der Waals surface area (Å²) >= 11 is 0. The van der Waals surface area contributed by atoms with Crippen molar-refractivity contribution in [1.82, 2.24) is 20.9 Å². The van der Waals surface area contributed by atoms with Crippen molar-refractivity contribution < 1.29 is 0 Å². The third-order valence-electron chi connectivity index (χ3n) is 7.52. The van der Waals surface area contributed by atoms with Gasteiger partial charge in [-0.15, -0.1) is 0 Å². The molecule has 4 nitrogen and oxygen atoms in total. The third kappa shape index (κ3) is 10.1. The number of benzene rings is 3. The highest BCUT2D eigenvalue weighted by molar-refractivity contribution is 5.31. The Balaban J connectivity index is 1.44. The van der Waals surface area contributed by atoms with Gasteiger partial charge in [-0.1, -0.05) is 54.6 Å². The SMILES string of the molecule is Cc1ccc(CNCCN(CCNCc2ccc(C)c(C)c2)CCNCc2ccc(C)c(C)c2)cc1C. The molecular weight excluding hydrogens is 452 g/mol. The first-order valence-corrected chi connectivity index (χ1v) is 13.8. The first-order chi connectivity index (χ1) is 17.8. The fraction of sp³-hybridized carbons (Fsp3) is 0.455. The minimum absolute atomic E-state index is 0.922. The van der Waals surface area contributed by atoms with Gasteiger partial charge < -0.3 is 16.0 Å². The van der Waals surface area contributed by atoms with Crippen molar-refractivity contribution >= 4 is 0 Å². The summed E-state index contributed by atoms with van der Waals surface area (Å²) in [6.45, 7) is 21.9. The van der Waals surface area contributed by atoms with E-state index in [4.69, 9.17) is 0 Å². The van der Waals surface area contributed by atoms with Crippen LogP contribution in [-0.4, -0.2) is 44.2 Å². The fourth-order valence-electron chi connectivity index (χ4n) is 4.49. The van der Waals surface area contributed by atoms with E-state index in [-0.39, 0.29) is 0 Å². The van der Waals surface area contributed by atoms with E-state index < -0.39 is 0 Å². The fourth-order valence-corrected chi connectivity index (χ4v) is 4.49. The molecular formula is C33H48N4.